The smallest absolute Gasteiger partial charge is 0.188 e. The van der Waals surface area contributed by atoms with Crippen LogP contribution < -0.4 is 11.1 Å². The maximum atomic E-state index is 5.86. The third-order valence-corrected chi connectivity index (χ3v) is 4.57. The van der Waals surface area contributed by atoms with Gasteiger partial charge in [0.15, 0.2) is 5.96 Å². The van der Waals surface area contributed by atoms with Crippen LogP contribution in [0.15, 0.2) is 29.3 Å². The minimum Gasteiger partial charge on any atom is -0.370 e. The van der Waals surface area contributed by atoms with Gasteiger partial charge < -0.3 is 11.1 Å². The lowest BCUT2D eigenvalue weighted by Crippen LogP contribution is -2.32. The van der Waals surface area contributed by atoms with Crippen molar-refractivity contribution >= 4 is 29.9 Å². The van der Waals surface area contributed by atoms with Crippen molar-refractivity contribution in [1.29, 1.82) is 0 Å². The number of hydrogen-bond donors (Lipinski definition) is 2. The number of halogens is 1. The second-order valence-corrected chi connectivity index (χ2v) is 6.76. The lowest BCUT2D eigenvalue weighted by molar-refractivity contribution is 0.185. The van der Waals surface area contributed by atoms with Crippen molar-refractivity contribution in [2.75, 3.05) is 19.6 Å². The van der Waals surface area contributed by atoms with Crippen LogP contribution in [0.4, 0.5) is 0 Å². The van der Waals surface area contributed by atoms with Crippen LogP contribution in [-0.2, 0) is 13.1 Å². The van der Waals surface area contributed by atoms with Crippen LogP contribution in [-0.4, -0.2) is 30.5 Å². The molecule has 0 aromatic heterocycles. The number of nitrogens with one attached hydrogen (secondary N) is 1. The molecule has 0 atom stereocenters. The number of piperidine rings is 1. The van der Waals surface area contributed by atoms with Gasteiger partial charge in [-0.3, -0.25) is 4.90 Å². The van der Waals surface area contributed by atoms with Gasteiger partial charge in [-0.1, -0.05) is 44.5 Å². The van der Waals surface area contributed by atoms with E-state index in [1.165, 1.54) is 37.1 Å². The van der Waals surface area contributed by atoms with Crippen molar-refractivity contribution in [1.82, 2.24) is 10.2 Å². The Labute approximate surface area is 164 Å². The minimum absolute atomic E-state index is 0. The Morgan fingerprint density at radius 2 is 1.83 bits per heavy atom. The predicted molar refractivity (Wildman–Crippen MR) is 114 cm³/mol. The molecule has 0 saturated carbocycles. The Morgan fingerprint density at radius 3 is 2.46 bits per heavy atom. The Kier molecular flexibility index (Phi) is 10.3. The van der Waals surface area contributed by atoms with Gasteiger partial charge in [0, 0.05) is 13.1 Å². The number of nitrogens with two attached hydrogens (primary N) is 1. The molecule has 1 heterocycles. The zero-order valence-electron chi connectivity index (χ0n) is 15.1. The van der Waals surface area contributed by atoms with Crippen molar-refractivity contribution in [2.24, 2.45) is 16.6 Å². The van der Waals surface area contributed by atoms with Gasteiger partial charge in [-0.05, 0) is 49.4 Å². The summed E-state index contributed by atoms with van der Waals surface area (Å²) in [4.78, 5) is 6.95. The van der Waals surface area contributed by atoms with E-state index in [-0.39, 0.29) is 24.0 Å². The van der Waals surface area contributed by atoms with Crippen molar-refractivity contribution in [3.05, 3.63) is 35.4 Å². The number of likely N-dealkylation sites (tertiary alicyclic amines) is 1. The van der Waals surface area contributed by atoms with Gasteiger partial charge in [-0.15, -0.1) is 24.0 Å². The van der Waals surface area contributed by atoms with Gasteiger partial charge in [0.1, 0.15) is 0 Å². The highest BCUT2D eigenvalue weighted by atomic mass is 127. The fourth-order valence-corrected chi connectivity index (χ4v) is 2.85. The number of guanidine groups is 1. The summed E-state index contributed by atoms with van der Waals surface area (Å²) < 4.78 is 0. The van der Waals surface area contributed by atoms with E-state index in [9.17, 15) is 0 Å². The fraction of sp³-hybridized carbons (Fsp3) is 0.632. The summed E-state index contributed by atoms with van der Waals surface area (Å²) in [6, 6.07) is 8.79. The van der Waals surface area contributed by atoms with E-state index in [4.69, 9.17) is 5.73 Å². The predicted octanol–water partition coefficient (Wildman–Crippen LogP) is 3.74. The molecule has 1 aliphatic rings. The number of hydrogen-bond acceptors (Lipinski definition) is 2. The number of unbranched alkanes of at least 4 members (excludes halogenated alkanes) is 1. The van der Waals surface area contributed by atoms with Gasteiger partial charge >= 0.3 is 0 Å². The van der Waals surface area contributed by atoms with E-state index in [1.807, 2.05) is 0 Å². The monoisotopic (exact) mass is 444 g/mol. The maximum Gasteiger partial charge on any atom is 0.188 e. The maximum absolute atomic E-state index is 5.86. The Morgan fingerprint density at radius 1 is 1.21 bits per heavy atom. The highest BCUT2D eigenvalue weighted by Crippen LogP contribution is 2.18. The first-order chi connectivity index (χ1) is 11.2. The van der Waals surface area contributed by atoms with Crippen molar-refractivity contribution < 1.29 is 0 Å². The summed E-state index contributed by atoms with van der Waals surface area (Å²) in [7, 11) is 0. The summed E-state index contributed by atoms with van der Waals surface area (Å²) in [5.41, 5.74) is 8.46. The highest BCUT2D eigenvalue weighted by Gasteiger charge is 2.15. The van der Waals surface area contributed by atoms with Crippen LogP contribution in [0.3, 0.4) is 0 Å². The van der Waals surface area contributed by atoms with Gasteiger partial charge in [-0.25, -0.2) is 4.99 Å². The molecule has 0 radical (unpaired) electrons. The average Bonchev–Trinajstić information content (AvgIpc) is 2.57. The molecule has 0 bridgehead atoms. The molecule has 1 fully saturated rings. The van der Waals surface area contributed by atoms with Crippen LogP contribution >= 0.6 is 24.0 Å². The molecule has 3 N–H and O–H groups in total. The molecule has 0 unspecified atom stereocenters. The van der Waals surface area contributed by atoms with E-state index in [1.54, 1.807) is 0 Å². The summed E-state index contributed by atoms with van der Waals surface area (Å²) in [6.45, 7) is 9.60. The molecule has 24 heavy (non-hydrogen) atoms. The molecule has 2 rings (SSSR count). The highest BCUT2D eigenvalue weighted by molar-refractivity contribution is 14.0. The van der Waals surface area contributed by atoms with Crippen molar-refractivity contribution in [3.8, 4) is 0 Å². The summed E-state index contributed by atoms with van der Waals surface area (Å²) >= 11 is 0. The molecule has 1 aromatic rings. The Balaban J connectivity index is 0.00000288. The van der Waals surface area contributed by atoms with Crippen LogP contribution in [0.1, 0.15) is 50.7 Å². The molecule has 0 aliphatic carbocycles. The lowest BCUT2D eigenvalue weighted by atomic mass is 9.99. The van der Waals surface area contributed by atoms with Gasteiger partial charge in [0.2, 0.25) is 0 Å². The first-order valence-electron chi connectivity index (χ1n) is 9.01. The van der Waals surface area contributed by atoms with E-state index in [2.05, 4.69) is 53.3 Å². The Hall–Kier alpha value is -0.820. The molecular formula is C19H33IN4. The lowest BCUT2D eigenvalue weighted by Gasteiger charge is -2.30. The molecular weight excluding hydrogens is 411 g/mol. The number of nitrogens with zero attached hydrogens (tertiary/aromatic N) is 2. The van der Waals surface area contributed by atoms with E-state index in [0.717, 1.165) is 31.8 Å². The van der Waals surface area contributed by atoms with Crippen molar-refractivity contribution in [2.45, 2.75) is 52.6 Å². The topological polar surface area (TPSA) is 53.6 Å². The Bertz CT molecular complexity index is 479. The largest absolute Gasteiger partial charge is 0.370 e. The van der Waals surface area contributed by atoms with Crippen LogP contribution in [0.2, 0.25) is 0 Å². The number of aliphatic imine (C=N–C) groups is 1. The molecule has 1 aliphatic heterocycles. The molecule has 1 saturated heterocycles. The second kappa shape index (κ2) is 11.7. The van der Waals surface area contributed by atoms with Crippen LogP contribution in [0, 0.1) is 5.92 Å². The van der Waals surface area contributed by atoms with Crippen LogP contribution in [0.25, 0.3) is 0 Å². The molecule has 1 aromatic carbocycles. The number of rotatable bonds is 7. The molecule has 4 nitrogen and oxygen atoms in total. The quantitative estimate of drug-likeness (QED) is 0.292. The standard InChI is InChI=1S/C19H32N4.HI/c1-3-4-11-21-19(20)22-14-17-5-7-18(8-6-17)15-23-12-9-16(2)10-13-23;/h5-8,16H,3-4,9-15H2,1-2H3,(H3,20,21,22);1H. The molecule has 0 amide bonds. The second-order valence-electron chi connectivity index (χ2n) is 6.76. The van der Waals surface area contributed by atoms with Gasteiger partial charge in [-0.2, -0.15) is 0 Å². The third kappa shape index (κ3) is 7.83. The summed E-state index contributed by atoms with van der Waals surface area (Å²) in [5, 5.41) is 3.14. The third-order valence-electron chi connectivity index (χ3n) is 4.57. The zero-order chi connectivity index (χ0) is 16.5. The first kappa shape index (κ1) is 21.2. The molecule has 5 heteroatoms. The average molecular weight is 444 g/mol. The van der Waals surface area contributed by atoms with Crippen LogP contribution in [0.5, 0.6) is 0 Å². The summed E-state index contributed by atoms with van der Waals surface area (Å²) in [6.07, 6.45) is 4.95. The molecule has 0 spiro atoms. The fourth-order valence-electron chi connectivity index (χ4n) is 2.85. The van der Waals surface area contributed by atoms with Gasteiger partial charge in [0.25, 0.3) is 0 Å². The zero-order valence-corrected chi connectivity index (χ0v) is 17.5. The number of benzene rings is 1. The van der Waals surface area contributed by atoms with E-state index >= 15 is 0 Å². The van der Waals surface area contributed by atoms with Crippen molar-refractivity contribution in [3.63, 3.8) is 0 Å². The normalized spacial score (nSPS) is 16.7. The summed E-state index contributed by atoms with van der Waals surface area (Å²) in [5.74, 6) is 1.44. The molecule has 136 valence electrons. The first-order valence-corrected chi connectivity index (χ1v) is 9.01. The minimum atomic E-state index is 0. The van der Waals surface area contributed by atoms with E-state index in [0.29, 0.717) is 12.5 Å². The van der Waals surface area contributed by atoms with E-state index < -0.39 is 0 Å². The van der Waals surface area contributed by atoms with Gasteiger partial charge in [0.05, 0.1) is 6.54 Å². The SMILES string of the molecule is CCCCNC(N)=NCc1ccc(CN2CCC(C)CC2)cc1.I.